The number of ether oxygens (including phenoxy) is 2. The lowest BCUT2D eigenvalue weighted by atomic mass is 10.3. The zero-order valence-corrected chi connectivity index (χ0v) is 11.6. The Morgan fingerprint density at radius 1 is 1.50 bits per heavy atom. The Bertz CT molecular complexity index is 484. The van der Waals surface area contributed by atoms with Gasteiger partial charge in [-0.05, 0) is 13.3 Å². The minimum Gasteiger partial charge on any atom is -0.470 e. The van der Waals surface area contributed by atoms with E-state index in [1.165, 1.54) is 6.33 Å². The van der Waals surface area contributed by atoms with Crippen LogP contribution in [0.15, 0.2) is 6.33 Å². The van der Waals surface area contributed by atoms with E-state index in [0.29, 0.717) is 38.2 Å². The summed E-state index contributed by atoms with van der Waals surface area (Å²) >= 11 is 0. The van der Waals surface area contributed by atoms with Crippen molar-refractivity contribution in [1.29, 1.82) is 0 Å². The Labute approximate surface area is 116 Å². The van der Waals surface area contributed by atoms with E-state index >= 15 is 0 Å². The number of halogens is 1. The van der Waals surface area contributed by atoms with E-state index in [1.54, 1.807) is 11.8 Å². The maximum absolute atomic E-state index is 13.9. The predicted molar refractivity (Wildman–Crippen MR) is 69.0 cm³/mol. The van der Waals surface area contributed by atoms with Gasteiger partial charge in [0.15, 0.2) is 0 Å². The fourth-order valence-corrected chi connectivity index (χ4v) is 2.08. The van der Waals surface area contributed by atoms with Gasteiger partial charge in [-0.25, -0.2) is 9.78 Å². The van der Waals surface area contributed by atoms with Crippen molar-refractivity contribution >= 4 is 6.09 Å². The van der Waals surface area contributed by atoms with Crippen LogP contribution in [0.2, 0.25) is 0 Å². The van der Waals surface area contributed by atoms with E-state index < -0.39 is 5.82 Å². The van der Waals surface area contributed by atoms with Gasteiger partial charge >= 0.3 is 6.09 Å². The molecule has 1 atom stereocenters. The molecule has 1 saturated heterocycles. The lowest BCUT2D eigenvalue weighted by Gasteiger charge is -2.16. The van der Waals surface area contributed by atoms with Crippen molar-refractivity contribution in [3.63, 3.8) is 0 Å². The maximum Gasteiger partial charge on any atom is 0.409 e. The van der Waals surface area contributed by atoms with Gasteiger partial charge in [0.2, 0.25) is 5.82 Å². The summed E-state index contributed by atoms with van der Waals surface area (Å²) in [5, 5.41) is 0. The first-order valence-electron chi connectivity index (χ1n) is 6.73. The molecule has 1 aromatic rings. The second-order valence-corrected chi connectivity index (χ2v) is 4.47. The fraction of sp³-hybridized carbons (Fsp3) is 0.615. The summed E-state index contributed by atoms with van der Waals surface area (Å²) in [7, 11) is 0. The molecule has 0 bridgehead atoms. The predicted octanol–water partition coefficient (Wildman–Crippen LogP) is 1.79. The first-order valence-corrected chi connectivity index (χ1v) is 6.73. The first kappa shape index (κ1) is 14.5. The lowest BCUT2D eigenvalue weighted by Crippen LogP contribution is -2.31. The van der Waals surface area contributed by atoms with Gasteiger partial charge in [-0.3, -0.25) is 0 Å². The number of hydrogen-bond donors (Lipinski definition) is 0. The first-order chi connectivity index (χ1) is 9.65. The number of aryl methyl sites for hydroxylation is 1. The van der Waals surface area contributed by atoms with Crippen LogP contribution in [0.4, 0.5) is 9.18 Å². The molecule has 0 radical (unpaired) electrons. The smallest absolute Gasteiger partial charge is 0.409 e. The van der Waals surface area contributed by atoms with Crippen LogP contribution in [0, 0.1) is 5.82 Å². The molecule has 0 N–H and O–H groups in total. The molecule has 1 aromatic heterocycles. The average molecular weight is 283 g/mol. The molecule has 0 aliphatic carbocycles. The molecule has 1 aliphatic heterocycles. The maximum atomic E-state index is 13.9. The highest BCUT2D eigenvalue weighted by molar-refractivity contribution is 5.67. The SMILES string of the molecule is CCOC(=O)N1CC[C@H](Oc2ncnc(CC)c2F)C1. The van der Waals surface area contributed by atoms with Crippen LogP contribution in [-0.2, 0) is 11.2 Å². The van der Waals surface area contributed by atoms with Crippen molar-refractivity contribution in [2.24, 2.45) is 0 Å². The van der Waals surface area contributed by atoms with Crippen LogP contribution in [0.1, 0.15) is 26.0 Å². The van der Waals surface area contributed by atoms with E-state index in [0.717, 1.165) is 0 Å². The van der Waals surface area contributed by atoms with Gasteiger partial charge in [0.25, 0.3) is 5.88 Å². The lowest BCUT2D eigenvalue weighted by molar-refractivity contribution is 0.109. The van der Waals surface area contributed by atoms with Crippen LogP contribution in [-0.4, -0.2) is 46.8 Å². The topological polar surface area (TPSA) is 64.5 Å². The van der Waals surface area contributed by atoms with E-state index in [2.05, 4.69) is 9.97 Å². The van der Waals surface area contributed by atoms with Crippen LogP contribution < -0.4 is 4.74 Å². The highest BCUT2D eigenvalue weighted by Gasteiger charge is 2.29. The van der Waals surface area contributed by atoms with Gasteiger partial charge in [0, 0.05) is 13.0 Å². The quantitative estimate of drug-likeness (QED) is 0.843. The Balaban J connectivity index is 1.97. The number of amides is 1. The largest absolute Gasteiger partial charge is 0.470 e. The van der Waals surface area contributed by atoms with Crippen LogP contribution in [0.3, 0.4) is 0 Å². The summed E-state index contributed by atoms with van der Waals surface area (Å²) in [6.45, 7) is 4.82. The number of aromatic nitrogens is 2. The molecule has 6 nitrogen and oxygen atoms in total. The van der Waals surface area contributed by atoms with E-state index in [-0.39, 0.29) is 18.1 Å². The normalized spacial score (nSPS) is 18.1. The molecule has 110 valence electrons. The molecule has 0 spiro atoms. The Kier molecular flexibility index (Phi) is 4.70. The zero-order chi connectivity index (χ0) is 14.5. The van der Waals surface area contributed by atoms with Crippen LogP contribution in [0.5, 0.6) is 5.88 Å². The molecule has 0 aromatic carbocycles. The van der Waals surface area contributed by atoms with E-state index in [1.807, 2.05) is 6.92 Å². The van der Waals surface area contributed by atoms with Gasteiger partial charge in [0.1, 0.15) is 12.4 Å². The molecule has 20 heavy (non-hydrogen) atoms. The third-order valence-electron chi connectivity index (χ3n) is 3.11. The Hall–Kier alpha value is -1.92. The van der Waals surface area contributed by atoms with Gasteiger partial charge in [-0.1, -0.05) is 6.92 Å². The van der Waals surface area contributed by atoms with E-state index in [9.17, 15) is 9.18 Å². The molecule has 2 heterocycles. The van der Waals surface area contributed by atoms with Crippen molar-refractivity contribution in [3.8, 4) is 5.88 Å². The summed E-state index contributed by atoms with van der Waals surface area (Å²) in [5.74, 6) is -0.572. The molecule has 1 fully saturated rings. The number of carbonyl (C=O) groups is 1. The van der Waals surface area contributed by atoms with Crippen molar-refractivity contribution < 1.29 is 18.7 Å². The molecular formula is C13H18FN3O3. The van der Waals surface area contributed by atoms with Crippen molar-refractivity contribution in [1.82, 2.24) is 14.9 Å². The summed E-state index contributed by atoms with van der Waals surface area (Å²) in [6, 6.07) is 0. The van der Waals surface area contributed by atoms with E-state index in [4.69, 9.17) is 9.47 Å². The van der Waals surface area contributed by atoms with Crippen molar-refractivity contribution in [3.05, 3.63) is 17.8 Å². The third kappa shape index (κ3) is 3.15. The molecule has 0 saturated carbocycles. The second kappa shape index (κ2) is 6.49. The standard InChI is InChI=1S/C13H18FN3O3/c1-3-10-11(14)12(16-8-15-10)20-9-5-6-17(7-9)13(18)19-4-2/h8-9H,3-7H2,1-2H3/t9-/m0/s1. The number of rotatable bonds is 4. The third-order valence-corrected chi connectivity index (χ3v) is 3.11. The highest BCUT2D eigenvalue weighted by Crippen LogP contribution is 2.21. The highest BCUT2D eigenvalue weighted by atomic mass is 19.1. The Morgan fingerprint density at radius 2 is 2.30 bits per heavy atom. The minimum absolute atomic E-state index is 0.0486. The van der Waals surface area contributed by atoms with Gasteiger partial charge < -0.3 is 14.4 Å². The zero-order valence-electron chi connectivity index (χ0n) is 11.6. The van der Waals surface area contributed by atoms with Crippen LogP contribution in [0.25, 0.3) is 0 Å². The van der Waals surface area contributed by atoms with Gasteiger partial charge in [0.05, 0.1) is 18.8 Å². The average Bonchev–Trinajstić information content (AvgIpc) is 2.90. The minimum atomic E-state index is -0.524. The molecular weight excluding hydrogens is 265 g/mol. The summed E-state index contributed by atoms with van der Waals surface area (Å²) in [4.78, 5) is 20.8. The summed E-state index contributed by atoms with van der Waals surface area (Å²) < 4.78 is 24.4. The number of nitrogens with zero attached hydrogens (tertiary/aromatic N) is 3. The molecule has 1 aliphatic rings. The number of carbonyl (C=O) groups excluding carboxylic acids is 1. The second-order valence-electron chi connectivity index (χ2n) is 4.47. The molecule has 1 amide bonds. The Morgan fingerprint density at radius 3 is 3.00 bits per heavy atom. The summed E-state index contributed by atoms with van der Waals surface area (Å²) in [6.07, 6.45) is 1.76. The fourth-order valence-electron chi connectivity index (χ4n) is 2.08. The monoisotopic (exact) mass is 283 g/mol. The number of hydrogen-bond acceptors (Lipinski definition) is 5. The van der Waals surface area contributed by atoms with Gasteiger partial charge in [-0.15, -0.1) is 0 Å². The van der Waals surface area contributed by atoms with Crippen molar-refractivity contribution in [2.75, 3.05) is 19.7 Å². The molecule has 2 rings (SSSR count). The molecule has 7 heteroatoms. The molecule has 0 unspecified atom stereocenters. The summed E-state index contributed by atoms with van der Waals surface area (Å²) in [5.41, 5.74) is 0.329. The van der Waals surface area contributed by atoms with Gasteiger partial charge in [-0.2, -0.15) is 9.37 Å². The number of likely N-dealkylation sites (tertiary alicyclic amines) is 1. The van der Waals surface area contributed by atoms with Crippen molar-refractivity contribution in [2.45, 2.75) is 32.8 Å². The van der Waals surface area contributed by atoms with Crippen LogP contribution >= 0.6 is 0 Å².